The molecule has 18 heavy (non-hydrogen) atoms. The molecular formula is C13H16ClN3O. The van der Waals surface area contributed by atoms with E-state index in [-0.39, 0.29) is 11.8 Å². The fourth-order valence-electron chi connectivity index (χ4n) is 3.07. The maximum absolute atomic E-state index is 11.1. The van der Waals surface area contributed by atoms with Gasteiger partial charge in [-0.05, 0) is 30.9 Å². The lowest BCUT2D eigenvalue weighted by molar-refractivity contribution is -0.113. The molecule has 96 valence electrons. The van der Waals surface area contributed by atoms with E-state index in [0.717, 1.165) is 0 Å². The third kappa shape index (κ3) is 2.22. The number of carbonyl (C=O) groups is 1. The van der Waals surface area contributed by atoms with Crippen LogP contribution in [0, 0.1) is 0 Å². The van der Waals surface area contributed by atoms with Crippen molar-refractivity contribution in [3.05, 3.63) is 23.9 Å². The summed E-state index contributed by atoms with van der Waals surface area (Å²) in [6.45, 7) is 0. The quantitative estimate of drug-likeness (QED) is 0.821. The van der Waals surface area contributed by atoms with Crippen LogP contribution >= 0.6 is 11.6 Å². The topological polar surface area (TPSA) is 54.0 Å². The Morgan fingerprint density at radius 2 is 2.39 bits per heavy atom. The molecule has 3 unspecified atom stereocenters. The van der Waals surface area contributed by atoms with E-state index in [9.17, 15) is 4.79 Å². The first-order valence-electron chi connectivity index (χ1n) is 6.34. The van der Waals surface area contributed by atoms with Crippen molar-refractivity contribution >= 4 is 23.3 Å². The fraction of sp³-hybridized carbons (Fsp3) is 0.538. The number of anilines is 1. The van der Waals surface area contributed by atoms with E-state index in [2.05, 4.69) is 21.7 Å². The lowest BCUT2D eigenvalue weighted by atomic mass is 9.85. The van der Waals surface area contributed by atoms with Gasteiger partial charge in [0.2, 0.25) is 5.91 Å². The van der Waals surface area contributed by atoms with Crippen molar-refractivity contribution in [1.29, 1.82) is 0 Å². The third-order valence-electron chi connectivity index (χ3n) is 3.90. The second-order valence-electron chi connectivity index (χ2n) is 5.05. The number of halogens is 1. The zero-order valence-corrected chi connectivity index (χ0v) is 10.8. The third-order valence-corrected chi connectivity index (χ3v) is 4.15. The van der Waals surface area contributed by atoms with Crippen LogP contribution in [0.25, 0.3) is 0 Å². The molecule has 2 bridgehead atoms. The first-order valence-corrected chi connectivity index (χ1v) is 6.87. The van der Waals surface area contributed by atoms with Crippen LogP contribution in [-0.4, -0.2) is 28.9 Å². The largest absolute Gasteiger partial charge is 0.311 e. The Balaban J connectivity index is 1.69. The van der Waals surface area contributed by atoms with E-state index in [0.29, 0.717) is 23.8 Å². The number of pyridine rings is 1. The van der Waals surface area contributed by atoms with Crippen LogP contribution in [0.5, 0.6) is 0 Å². The Kier molecular flexibility index (Phi) is 3.22. The molecule has 0 radical (unpaired) electrons. The average molecular weight is 266 g/mol. The molecule has 3 atom stereocenters. The SMILES string of the molecule is O=C(CCl)Nc1ccc(C2CC3CCC2N3)cn1. The highest BCUT2D eigenvalue weighted by Gasteiger charge is 2.39. The highest BCUT2D eigenvalue weighted by Crippen LogP contribution is 2.39. The molecule has 5 heteroatoms. The van der Waals surface area contributed by atoms with Crippen molar-refractivity contribution in [3.63, 3.8) is 0 Å². The molecule has 3 heterocycles. The molecule has 0 spiro atoms. The summed E-state index contributed by atoms with van der Waals surface area (Å²) in [5.41, 5.74) is 1.26. The highest BCUT2D eigenvalue weighted by molar-refractivity contribution is 6.28. The van der Waals surface area contributed by atoms with Gasteiger partial charge in [-0.1, -0.05) is 6.07 Å². The van der Waals surface area contributed by atoms with Gasteiger partial charge >= 0.3 is 0 Å². The van der Waals surface area contributed by atoms with Crippen molar-refractivity contribution in [3.8, 4) is 0 Å². The van der Waals surface area contributed by atoms with Crippen molar-refractivity contribution in [2.45, 2.75) is 37.3 Å². The maximum atomic E-state index is 11.1. The van der Waals surface area contributed by atoms with Gasteiger partial charge in [0.25, 0.3) is 0 Å². The van der Waals surface area contributed by atoms with Crippen LogP contribution in [0.15, 0.2) is 18.3 Å². The van der Waals surface area contributed by atoms with Crippen molar-refractivity contribution in [2.75, 3.05) is 11.2 Å². The summed E-state index contributed by atoms with van der Waals surface area (Å²) in [6, 6.07) is 5.21. The van der Waals surface area contributed by atoms with Crippen molar-refractivity contribution in [2.24, 2.45) is 0 Å². The van der Waals surface area contributed by atoms with E-state index < -0.39 is 0 Å². The van der Waals surface area contributed by atoms with Gasteiger partial charge in [0.15, 0.2) is 0 Å². The summed E-state index contributed by atoms with van der Waals surface area (Å²) in [7, 11) is 0. The molecule has 2 fully saturated rings. The predicted octanol–water partition coefficient (Wildman–Crippen LogP) is 1.87. The van der Waals surface area contributed by atoms with Crippen LogP contribution in [0.1, 0.15) is 30.7 Å². The van der Waals surface area contributed by atoms with Crippen LogP contribution in [-0.2, 0) is 4.79 Å². The number of nitrogens with zero attached hydrogens (tertiary/aromatic N) is 1. The summed E-state index contributed by atoms with van der Waals surface area (Å²) < 4.78 is 0. The Labute approximate surface area is 111 Å². The molecule has 4 nitrogen and oxygen atoms in total. The predicted molar refractivity (Wildman–Crippen MR) is 70.9 cm³/mol. The number of aromatic nitrogens is 1. The summed E-state index contributed by atoms with van der Waals surface area (Å²) in [4.78, 5) is 15.4. The second-order valence-corrected chi connectivity index (χ2v) is 5.32. The van der Waals surface area contributed by atoms with Gasteiger partial charge in [0, 0.05) is 24.2 Å². The number of hydrogen-bond acceptors (Lipinski definition) is 3. The van der Waals surface area contributed by atoms with Gasteiger partial charge in [0.05, 0.1) is 0 Å². The molecule has 2 aliphatic rings. The summed E-state index contributed by atoms with van der Waals surface area (Å²) in [6.07, 6.45) is 5.65. The van der Waals surface area contributed by atoms with Gasteiger partial charge in [-0.15, -0.1) is 11.6 Å². The lowest BCUT2D eigenvalue weighted by Crippen LogP contribution is -2.21. The minimum Gasteiger partial charge on any atom is -0.311 e. The van der Waals surface area contributed by atoms with Gasteiger partial charge in [-0.3, -0.25) is 4.79 Å². The fourth-order valence-corrected chi connectivity index (χ4v) is 3.13. The van der Waals surface area contributed by atoms with Crippen molar-refractivity contribution < 1.29 is 4.79 Å². The second kappa shape index (κ2) is 4.86. The Morgan fingerprint density at radius 1 is 1.50 bits per heavy atom. The van der Waals surface area contributed by atoms with E-state index in [1.54, 1.807) is 0 Å². The summed E-state index contributed by atoms with van der Waals surface area (Å²) in [5.74, 6) is 0.882. The normalized spacial score (nSPS) is 29.5. The van der Waals surface area contributed by atoms with Gasteiger partial charge in [-0.2, -0.15) is 0 Å². The average Bonchev–Trinajstić information content (AvgIpc) is 3.02. The molecule has 1 aromatic heterocycles. The standard InChI is InChI=1S/C13H16ClN3O/c14-6-13(18)17-12-4-1-8(7-15-12)10-5-9-2-3-11(10)16-9/h1,4,7,9-11,16H,2-3,5-6H2,(H,15,17,18). The van der Waals surface area contributed by atoms with Gasteiger partial charge in [-0.25, -0.2) is 4.98 Å². The van der Waals surface area contributed by atoms with Crippen LogP contribution < -0.4 is 10.6 Å². The minimum absolute atomic E-state index is 0.0419. The van der Waals surface area contributed by atoms with E-state index in [1.165, 1.54) is 24.8 Å². The van der Waals surface area contributed by atoms with E-state index >= 15 is 0 Å². The van der Waals surface area contributed by atoms with Gasteiger partial charge < -0.3 is 10.6 Å². The molecule has 1 aromatic rings. The molecule has 3 rings (SSSR count). The summed E-state index contributed by atoms with van der Waals surface area (Å²) in [5, 5.41) is 6.26. The molecular weight excluding hydrogens is 250 g/mol. The number of fused-ring (bicyclic) bond motifs is 2. The van der Waals surface area contributed by atoms with Crippen LogP contribution in [0.2, 0.25) is 0 Å². The zero-order valence-electron chi connectivity index (χ0n) is 10.0. The smallest absolute Gasteiger partial charge is 0.240 e. The number of rotatable bonds is 3. The van der Waals surface area contributed by atoms with Crippen molar-refractivity contribution in [1.82, 2.24) is 10.3 Å². The lowest BCUT2D eigenvalue weighted by Gasteiger charge is -2.20. The maximum Gasteiger partial charge on any atom is 0.240 e. The molecule has 0 aromatic carbocycles. The highest BCUT2D eigenvalue weighted by atomic mass is 35.5. The molecule has 2 aliphatic heterocycles. The molecule has 0 saturated carbocycles. The Morgan fingerprint density at radius 3 is 2.94 bits per heavy atom. The Hall–Kier alpha value is -1.13. The van der Waals surface area contributed by atoms with Gasteiger partial charge in [0.1, 0.15) is 11.7 Å². The van der Waals surface area contributed by atoms with Crippen LogP contribution in [0.3, 0.4) is 0 Å². The first-order chi connectivity index (χ1) is 8.76. The molecule has 0 aliphatic carbocycles. The minimum atomic E-state index is -0.224. The number of hydrogen-bond donors (Lipinski definition) is 2. The monoisotopic (exact) mass is 265 g/mol. The first kappa shape index (κ1) is 11.9. The van der Waals surface area contributed by atoms with E-state index in [1.807, 2.05) is 12.3 Å². The van der Waals surface area contributed by atoms with Crippen LogP contribution in [0.4, 0.5) is 5.82 Å². The molecule has 2 saturated heterocycles. The number of amides is 1. The molecule has 2 N–H and O–H groups in total. The number of nitrogens with one attached hydrogen (secondary N) is 2. The number of carbonyl (C=O) groups excluding carboxylic acids is 1. The Bertz CT molecular complexity index is 448. The molecule has 1 amide bonds. The summed E-state index contributed by atoms with van der Waals surface area (Å²) >= 11 is 5.43. The number of alkyl halides is 1. The zero-order chi connectivity index (χ0) is 12.5. The van der Waals surface area contributed by atoms with E-state index in [4.69, 9.17) is 11.6 Å².